The molecule has 0 saturated carbocycles. The lowest BCUT2D eigenvalue weighted by Gasteiger charge is -2.16. The summed E-state index contributed by atoms with van der Waals surface area (Å²) in [4.78, 5) is 8.04. The van der Waals surface area contributed by atoms with Gasteiger partial charge in [0, 0.05) is 11.4 Å². The first-order valence-corrected chi connectivity index (χ1v) is 7.25. The largest absolute Gasteiger partial charge is 0.316 e. The maximum atomic E-state index is 4.28. The molecule has 0 aliphatic heterocycles. The van der Waals surface area contributed by atoms with Crippen LogP contribution in [0.1, 0.15) is 30.8 Å². The van der Waals surface area contributed by atoms with Gasteiger partial charge in [-0.1, -0.05) is 13.8 Å². The maximum absolute atomic E-state index is 4.28. The van der Waals surface area contributed by atoms with Gasteiger partial charge in [-0.25, -0.2) is 4.98 Å². The van der Waals surface area contributed by atoms with Crippen LogP contribution >= 0.6 is 11.3 Å². The van der Waals surface area contributed by atoms with Crippen LogP contribution in [0.2, 0.25) is 0 Å². The quantitative estimate of drug-likeness (QED) is 0.724. The van der Waals surface area contributed by atoms with Crippen LogP contribution in [0.25, 0.3) is 0 Å². The number of nitrogens with zero attached hydrogens (tertiary/aromatic N) is 2. The van der Waals surface area contributed by atoms with Crippen LogP contribution < -0.4 is 5.32 Å². The Labute approximate surface area is 109 Å². The maximum Gasteiger partial charge on any atom is 0.0798 e. The van der Waals surface area contributed by atoms with Gasteiger partial charge < -0.3 is 10.2 Å². The lowest BCUT2D eigenvalue weighted by atomic mass is 10.2. The molecule has 0 unspecified atom stereocenters. The van der Waals surface area contributed by atoms with Gasteiger partial charge in [0.1, 0.15) is 0 Å². The van der Waals surface area contributed by atoms with Crippen molar-refractivity contribution in [2.45, 2.75) is 33.7 Å². The van der Waals surface area contributed by atoms with Gasteiger partial charge in [0.25, 0.3) is 0 Å². The Morgan fingerprint density at radius 2 is 2.24 bits per heavy atom. The van der Waals surface area contributed by atoms with Crippen molar-refractivity contribution in [1.29, 1.82) is 0 Å². The highest BCUT2D eigenvalue weighted by atomic mass is 32.1. The third kappa shape index (κ3) is 6.15. The number of hydrogen-bond acceptors (Lipinski definition) is 4. The van der Waals surface area contributed by atoms with Crippen LogP contribution in [-0.2, 0) is 6.54 Å². The Morgan fingerprint density at radius 3 is 2.82 bits per heavy atom. The first-order valence-electron chi connectivity index (χ1n) is 6.37. The molecule has 1 N–H and O–H groups in total. The summed E-state index contributed by atoms with van der Waals surface area (Å²) in [5.41, 5.74) is 3.11. The van der Waals surface area contributed by atoms with Crippen LogP contribution in [0.3, 0.4) is 0 Å². The van der Waals surface area contributed by atoms with Crippen LogP contribution in [-0.4, -0.2) is 36.6 Å². The predicted molar refractivity (Wildman–Crippen MR) is 75.5 cm³/mol. The number of aryl methyl sites for hydroxylation is 1. The fraction of sp³-hybridized carbons (Fsp3) is 0.769. The molecule has 0 amide bonds. The van der Waals surface area contributed by atoms with E-state index in [1.54, 1.807) is 11.3 Å². The Kier molecular flexibility index (Phi) is 6.70. The van der Waals surface area contributed by atoms with Crippen molar-refractivity contribution in [3.63, 3.8) is 0 Å². The molecule has 1 aromatic heterocycles. The molecule has 0 aliphatic carbocycles. The summed E-state index contributed by atoms with van der Waals surface area (Å²) in [5.74, 6) is 0.743. The SMILES string of the molecule is Cc1ncsc1CN(C)CCCNCC(C)C. The molecule has 0 bridgehead atoms. The summed E-state index contributed by atoms with van der Waals surface area (Å²) in [6, 6.07) is 0. The first-order chi connectivity index (χ1) is 8.09. The highest BCUT2D eigenvalue weighted by molar-refractivity contribution is 7.09. The van der Waals surface area contributed by atoms with E-state index < -0.39 is 0 Å². The Morgan fingerprint density at radius 1 is 1.47 bits per heavy atom. The fourth-order valence-corrected chi connectivity index (χ4v) is 2.52. The average molecular weight is 255 g/mol. The number of nitrogens with one attached hydrogen (secondary N) is 1. The molecule has 1 rings (SSSR count). The Hall–Kier alpha value is -0.450. The van der Waals surface area contributed by atoms with Gasteiger partial charge in [-0.2, -0.15) is 0 Å². The van der Waals surface area contributed by atoms with Gasteiger partial charge in [0.05, 0.1) is 11.2 Å². The average Bonchev–Trinajstić information content (AvgIpc) is 2.63. The fourth-order valence-electron chi connectivity index (χ4n) is 1.67. The second-order valence-electron chi connectivity index (χ2n) is 5.05. The molecule has 1 heterocycles. The van der Waals surface area contributed by atoms with Crippen molar-refractivity contribution in [2.75, 3.05) is 26.7 Å². The van der Waals surface area contributed by atoms with Crippen molar-refractivity contribution in [3.8, 4) is 0 Å². The summed E-state index contributed by atoms with van der Waals surface area (Å²) < 4.78 is 0. The number of rotatable bonds is 8. The molecule has 0 spiro atoms. The molecule has 0 aliphatic rings. The van der Waals surface area contributed by atoms with Gasteiger partial charge in [-0.3, -0.25) is 0 Å². The molecule has 0 aromatic carbocycles. The summed E-state index contributed by atoms with van der Waals surface area (Å²) in [5, 5.41) is 3.47. The highest BCUT2D eigenvalue weighted by Gasteiger charge is 2.05. The van der Waals surface area contributed by atoms with Crippen LogP contribution in [0.5, 0.6) is 0 Å². The minimum atomic E-state index is 0.743. The second kappa shape index (κ2) is 7.80. The third-order valence-corrected chi connectivity index (χ3v) is 3.62. The van der Waals surface area contributed by atoms with Gasteiger partial charge in [0.15, 0.2) is 0 Å². The van der Waals surface area contributed by atoms with E-state index in [-0.39, 0.29) is 0 Å². The molecule has 0 atom stereocenters. The first kappa shape index (κ1) is 14.6. The van der Waals surface area contributed by atoms with Crippen molar-refractivity contribution in [2.24, 2.45) is 5.92 Å². The number of thiazole rings is 1. The molecule has 0 saturated heterocycles. The second-order valence-corrected chi connectivity index (χ2v) is 5.99. The normalized spacial score (nSPS) is 11.6. The lowest BCUT2D eigenvalue weighted by Crippen LogP contribution is -2.25. The molecule has 98 valence electrons. The Bertz CT molecular complexity index is 309. The zero-order valence-corrected chi connectivity index (χ0v) is 12.3. The standard InChI is InChI=1S/C13H25N3S/c1-11(2)8-14-6-5-7-16(4)9-13-12(3)15-10-17-13/h10-11,14H,5-9H2,1-4H3. The van der Waals surface area contributed by atoms with Gasteiger partial charge in [-0.15, -0.1) is 11.3 Å². The minimum absolute atomic E-state index is 0.743. The summed E-state index contributed by atoms with van der Waals surface area (Å²) in [6.07, 6.45) is 1.21. The van der Waals surface area contributed by atoms with Crippen LogP contribution in [0.15, 0.2) is 5.51 Å². The van der Waals surface area contributed by atoms with E-state index in [9.17, 15) is 0 Å². The van der Waals surface area contributed by atoms with Crippen molar-refractivity contribution in [3.05, 3.63) is 16.1 Å². The summed E-state index contributed by atoms with van der Waals surface area (Å²) in [7, 11) is 2.18. The van der Waals surface area contributed by atoms with E-state index in [0.717, 1.165) is 32.1 Å². The lowest BCUT2D eigenvalue weighted by molar-refractivity contribution is 0.320. The van der Waals surface area contributed by atoms with Crippen molar-refractivity contribution < 1.29 is 0 Å². The van der Waals surface area contributed by atoms with Gasteiger partial charge >= 0.3 is 0 Å². The van der Waals surface area contributed by atoms with Gasteiger partial charge in [0.2, 0.25) is 0 Å². The van der Waals surface area contributed by atoms with E-state index in [1.807, 2.05) is 5.51 Å². The Balaban J connectivity index is 2.09. The molecule has 1 aromatic rings. The van der Waals surface area contributed by atoms with Crippen molar-refractivity contribution >= 4 is 11.3 Å². The molecule has 4 heteroatoms. The molecule has 17 heavy (non-hydrogen) atoms. The van der Waals surface area contributed by atoms with E-state index >= 15 is 0 Å². The zero-order valence-electron chi connectivity index (χ0n) is 11.5. The summed E-state index contributed by atoms with van der Waals surface area (Å²) >= 11 is 1.76. The predicted octanol–water partition coefficient (Wildman–Crippen LogP) is 2.52. The van der Waals surface area contributed by atoms with Crippen LogP contribution in [0.4, 0.5) is 0 Å². The monoisotopic (exact) mass is 255 g/mol. The third-order valence-electron chi connectivity index (χ3n) is 2.70. The molecule has 0 fully saturated rings. The highest BCUT2D eigenvalue weighted by Crippen LogP contribution is 2.13. The minimum Gasteiger partial charge on any atom is -0.316 e. The topological polar surface area (TPSA) is 28.2 Å². The molecular formula is C13H25N3S. The smallest absolute Gasteiger partial charge is 0.0798 e. The van der Waals surface area contributed by atoms with E-state index in [4.69, 9.17) is 0 Å². The van der Waals surface area contributed by atoms with Gasteiger partial charge in [-0.05, 0) is 45.9 Å². The molecule has 0 radical (unpaired) electrons. The zero-order chi connectivity index (χ0) is 12.7. The van der Waals surface area contributed by atoms with Crippen LogP contribution in [0, 0.1) is 12.8 Å². The van der Waals surface area contributed by atoms with Crippen molar-refractivity contribution in [1.82, 2.24) is 15.2 Å². The van der Waals surface area contributed by atoms with E-state index in [0.29, 0.717) is 0 Å². The summed E-state index contributed by atoms with van der Waals surface area (Å²) in [6.45, 7) is 11.0. The molecule has 3 nitrogen and oxygen atoms in total. The van der Waals surface area contributed by atoms with E-state index in [2.05, 4.69) is 43.0 Å². The van der Waals surface area contributed by atoms with E-state index in [1.165, 1.54) is 17.0 Å². The number of hydrogen-bond donors (Lipinski definition) is 1. The molecular weight excluding hydrogens is 230 g/mol. The number of aromatic nitrogens is 1.